The van der Waals surface area contributed by atoms with Gasteiger partial charge in [-0.1, -0.05) is 67.6 Å². The molecule has 2 heterocycles. The Labute approximate surface area is 228 Å². The Morgan fingerprint density at radius 2 is 1.72 bits per heavy atom. The first kappa shape index (κ1) is 26.4. The minimum absolute atomic E-state index is 0.333. The number of rotatable bonds is 9. The fraction of sp³-hybridized carbons (Fsp3) is 0.281. The lowest BCUT2D eigenvalue weighted by Crippen LogP contribution is -2.35. The largest absolute Gasteiger partial charge is 0.492 e. The number of carbonyl (C=O) groups is 2. The van der Waals surface area contributed by atoms with Crippen molar-refractivity contribution in [3.63, 3.8) is 0 Å². The highest BCUT2D eigenvalue weighted by atomic mass is 16.5. The first-order valence-corrected chi connectivity index (χ1v) is 13.5. The van der Waals surface area contributed by atoms with Gasteiger partial charge in [-0.25, -0.2) is 4.79 Å². The number of hydrogen-bond donors (Lipinski definition) is 1. The van der Waals surface area contributed by atoms with Gasteiger partial charge in [0.15, 0.2) is 6.10 Å². The summed E-state index contributed by atoms with van der Waals surface area (Å²) < 4.78 is 11.5. The second-order valence-electron chi connectivity index (χ2n) is 9.60. The molecule has 1 aromatic heterocycles. The van der Waals surface area contributed by atoms with Crippen LogP contribution in [0.2, 0.25) is 0 Å². The van der Waals surface area contributed by atoms with Crippen molar-refractivity contribution in [3.8, 4) is 5.75 Å². The number of hydrogen-bond acceptors (Lipinski definition) is 6. The van der Waals surface area contributed by atoms with Crippen molar-refractivity contribution >= 4 is 28.5 Å². The molecule has 0 bridgehead atoms. The summed E-state index contributed by atoms with van der Waals surface area (Å²) in [5.41, 5.74) is 4.79. The summed E-state index contributed by atoms with van der Waals surface area (Å²) in [6, 6.07) is 25.1. The second-order valence-corrected chi connectivity index (χ2v) is 9.60. The Morgan fingerprint density at radius 3 is 2.51 bits per heavy atom. The van der Waals surface area contributed by atoms with Crippen LogP contribution in [0.15, 0.2) is 78.9 Å². The summed E-state index contributed by atoms with van der Waals surface area (Å²) in [6.45, 7) is 6.39. The van der Waals surface area contributed by atoms with E-state index < -0.39 is 18.0 Å². The quantitative estimate of drug-likeness (QED) is 0.281. The van der Waals surface area contributed by atoms with E-state index in [1.54, 1.807) is 12.1 Å². The highest BCUT2D eigenvalue weighted by Crippen LogP contribution is 2.30. The van der Waals surface area contributed by atoms with Crippen molar-refractivity contribution in [1.82, 2.24) is 9.88 Å². The normalized spacial score (nSPS) is 13.9. The number of anilines is 1. The van der Waals surface area contributed by atoms with Crippen LogP contribution >= 0.6 is 0 Å². The smallest absolute Gasteiger partial charge is 0.340 e. The highest BCUT2D eigenvalue weighted by molar-refractivity contribution is 6.06. The first-order valence-electron chi connectivity index (χ1n) is 13.5. The van der Waals surface area contributed by atoms with Gasteiger partial charge in [0, 0.05) is 42.7 Å². The highest BCUT2D eigenvalue weighted by Gasteiger charge is 2.30. The molecule has 0 saturated heterocycles. The van der Waals surface area contributed by atoms with Gasteiger partial charge in [0.2, 0.25) is 0 Å². The van der Waals surface area contributed by atoms with Crippen LogP contribution in [0.5, 0.6) is 5.75 Å². The second kappa shape index (κ2) is 12.1. The van der Waals surface area contributed by atoms with Gasteiger partial charge < -0.3 is 14.8 Å². The Kier molecular flexibility index (Phi) is 8.18. The summed E-state index contributed by atoms with van der Waals surface area (Å²) in [4.78, 5) is 34.2. The topological polar surface area (TPSA) is 80.8 Å². The van der Waals surface area contributed by atoms with E-state index in [0.717, 1.165) is 41.7 Å². The molecular formula is C32H33N3O4. The molecule has 1 atom stereocenters. The van der Waals surface area contributed by atoms with Gasteiger partial charge in [-0.05, 0) is 37.1 Å². The molecule has 39 heavy (non-hydrogen) atoms. The number of nitrogens with zero attached hydrogens (tertiary/aromatic N) is 2. The lowest BCUT2D eigenvalue weighted by atomic mass is 9.95. The maximum Gasteiger partial charge on any atom is 0.340 e. The fourth-order valence-electron chi connectivity index (χ4n) is 5.03. The van der Waals surface area contributed by atoms with Gasteiger partial charge in [0.1, 0.15) is 5.75 Å². The number of carbonyl (C=O) groups excluding carboxylic acids is 2. The summed E-state index contributed by atoms with van der Waals surface area (Å²) in [6.07, 6.45) is 0.109. The third-order valence-corrected chi connectivity index (χ3v) is 6.94. The minimum Gasteiger partial charge on any atom is -0.492 e. The van der Waals surface area contributed by atoms with Crippen molar-refractivity contribution in [2.75, 3.05) is 18.5 Å². The summed E-state index contributed by atoms with van der Waals surface area (Å²) in [5.74, 6) is -0.329. The first-order chi connectivity index (χ1) is 19.1. The zero-order valence-electron chi connectivity index (χ0n) is 22.4. The summed E-state index contributed by atoms with van der Waals surface area (Å²) in [5, 5.41) is 3.61. The van der Waals surface area contributed by atoms with E-state index in [1.807, 2.05) is 68.4 Å². The van der Waals surface area contributed by atoms with Crippen LogP contribution < -0.4 is 10.1 Å². The summed E-state index contributed by atoms with van der Waals surface area (Å²) in [7, 11) is 0. The fourth-order valence-corrected chi connectivity index (χ4v) is 5.03. The lowest BCUT2D eigenvalue weighted by molar-refractivity contribution is -0.124. The molecule has 3 aromatic carbocycles. The van der Waals surface area contributed by atoms with E-state index >= 15 is 0 Å². The molecule has 0 spiro atoms. The van der Waals surface area contributed by atoms with E-state index in [1.165, 1.54) is 5.56 Å². The number of nitrogens with one attached hydrogen (secondary N) is 1. The Bertz CT molecular complexity index is 1470. The van der Waals surface area contributed by atoms with E-state index in [4.69, 9.17) is 14.5 Å². The number of ether oxygens (including phenoxy) is 2. The standard InChI is InChI=1S/C32H33N3O4/c1-3-28(31(36)34-27-16-10-11-17-29(27)38-4-2)39-32(37)30-23-14-8-9-15-25(23)33-26-18-19-35(21-24(26)30)20-22-12-6-5-7-13-22/h5-17,28H,3-4,18-21H2,1-2H3,(H,34,36). The number of pyridine rings is 1. The van der Waals surface area contributed by atoms with Crippen LogP contribution in [0.25, 0.3) is 10.9 Å². The van der Waals surface area contributed by atoms with E-state index in [-0.39, 0.29) is 0 Å². The Hall–Kier alpha value is -4.23. The molecule has 4 aromatic rings. The number of para-hydroxylation sites is 3. The van der Waals surface area contributed by atoms with E-state index in [2.05, 4.69) is 22.3 Å². The molecule has 1 unspecified atom stereocenters. The molecule has 0 radical (unpaired) electrons. The molecule has 1 aliphatic heterocycles. The van der Waals surface area contributed by atoms with Crippen LogP contribution in [0.4, 0.5) is 5.69 Å². The molecule has 0 aliphatic carbocycles. The van der Waals surface area contributed by atoms with Crippen LogP contribution in [-0.2, 0) is 29.0 Å². The van der Waals surface area contributed by atoms with E-state index in [9.17, 15) is 9.59 Å². The third kappa shape index (κ3) is 5.94. The molecule has 200 valence electrons. The van der Waals surface area contributed by atoms with Gasteiger partial charge in [0.25, 0.3) is 5.91 Å². The number of esters is 1. The predicted octanol–water partition coefficient (Wildman–Crippen LogP) is 5.77. The third-order valence-electron chi connectivity index (χ3n) is 6.94. The zero-order chi connectivity index (χ0) is 27.2. The predicted molar refractivity (Wildman–Crippen MR) is 152 cm³/mol. The van der Waals surface area contributed by atoms with Gasteiger partial charge in [-0.3, -0.25) is 14.7 Å². The van der Waals surface area contributed by atoms with Crippen LogP contribution in [0, 0.1) is 0 Å². The Morgan fingerprint density at radius 1 is 0.974 bits per heavy atom. The van der Waals surface area contributed by atoms with Gasteiger partial charge in [-0.15, -0.1) is 0 Å². The molecule has 7 nitrogen and oxygen atoms in total. The van der Waals surface area contributed by atoms with Crippen molar-refractivity contribution in [3.05, 3.63) is 101 Å². The molecule has 7 heteroatoms. The van der Waals surface area contributed by atoms with E-state index in [0.29, 0.717) is 36.6 Å². The average molecular weight is 524 g/mol. The molecule has 0 fully saturated rings. The maximum atomic E-state index is 13.8. The number of aromatic nitrogens is 1. The SMILES string of the molecule is CCOc1ccccc1NC(=O)C(CC)OC(=O)c1c2c(nc3ccccc13)CCN(Cc1ccccc1)C2. The van der Waals surface area contributed by atoms with Gasteiger partial charge in [0.05, 0.1) is 23.4 Å². The number of amides is 1. The van der Waals surface area contributed by atoms with Crippen molar-refractivity contribution in [2.45, 2.75) is 45.9 Å². The number of fused-ring (bicyclic) bond motifs is 2. The van der Waals surface area contributed by atoms with Gasteiger partial charge >= 0.3 is 5.97 Å². The van der Waals surface area contributed by atoms with Crippen molar-refractivity contribution in [1.29, 1.82) is 0 Å². The molecular weight excluding hydrogens is 490 g/mol. The average Bonchev–Trinajstić information content (AvgIpc) is 2.96. The van der Waals surface area contributed by atoms with Crippen LogP contribution in [-0.4, -0.2) is 41.0 Å². The van der Waals surface area contributed by atoms with Crippen molar-refractivity contribution < 1.29 is 19.1 Å². The molecule has 1 aliphatic rings. The molecule has 0 saturated carbocycles. The van der Waals surface area contributed by atoms with Crippen molar-refractivity contribution in [2.24, 2.45) is 0 Å². The van der Waals surface area contributed by atoms with Crippen LogP contribution in [0.1, 0.15) is 47.4 Å². The van der Waals surface area contributed by atoms with Crippen LogP contribution in [0.3, 0.4) is 0 Å². The van der Waals surface area contributed by atoms with Gasteiger partial charge in [-0.2, -0.15) is 0 Å². The number of benzene rings is 3. The Balaban J connectivity index is 1.42. The zero-order valence-corrected chi connectivity index (χ0v) is 22.4. The maximum absolute atomic E-state index is 13.8. The molecule has 1 N–H and O–H groups in total. The molecule has 1 amide bonds. The molecule has 5 rings (SSSR count). The monoisotopic (exact) mass is 523 g/mol. The summed E-state index contributed by atoms with van der Waals surface area (Å²) >= 11 is 0. The minimum atomic E-state index is -0.959. The lowest BCUT2D eigenvalue weighted by Gasteiger charge is -2.30.